The molecule has 0 heterocycles. The number of hydrogen-bond donors (Lipinski definition) is 2. The Hall–Kier alpha value is -1.60. The van der Waals surface area contributed by atoms with Crippen molar-refractivity contribution in [2.45, 2.75) is 19.9 Å². The lowest BCUT2D eigenvalue weighted by atomic mass is 10.0. The molecule has 0 aliphatic heterocycles. The van der Waals surface area contributed by atoms with Crippen molar-refractivity contribution < 1.29 is 13.2 Å². The Labute approximate surface area is 132 Å². The van der Waals surface area contributed by atoms with Crippen molar-refractivity contribution in [2.75, 3.05) is 31.6 Å². The maximum atomic E-state index is 12.1. The first-order valence-corrected chi connectivity index (χ1v) is 9.02. The highest BCUT2D eigenvalue weighted by Gasteiger charge is 2.17. The number of amides is 1. The highest BCUT2D eigenvalue weighted by atomic mass is 32.2. The van der Waals surface area contributed by atoms with Crippen LogP contribution in [0.15, 0.2) is 24.3 Å². The minimum atomic E-state index is -3.31. The van der Waals surface area contributed by atoms with E-state index in [9.17, 15) is 13.2 Å². The second kappa shape index (κ2) is 7.60. The third-order valence-corrected chi connectivity index (χ3v) is 3.96. The molecular weight excluding hydrogens is 302 g/mol. The number of benzene rings is 1. The van der Waals surface area contributed by atoms with Gasteiger partial charge in [-0.15, -0.1) is 0 Å². The highest BCUT2D eigenvalue weighted by molar-refractivity contribution is 7.92. The van der Waals surface area contributed by atoms with E-state index < -0.39 is 10.0 Å². The Morgan fingerprint density at radius 1 is 1.18 bits per heavy atom. The van der Waals surface area contributed by atoms with Gasteiger partial charge in [-0.1, -0.05) is 13.8 Å². The maximum absolute atomic E-state index is 12.1. The van der Waals surface area contributed by atoms with Gasteiger partial charge in [0.15, 0.2) is 0 Å². The number of hydrogen-bond acceptors (Lipinski definition) is 4. The number of likely N-dealkylation sites (N-methyl/N-ethyl adjacent to an activating group) is 1. The van der Waals surface area contributed by atoms with Crippen molar-refractivity contribution >= 4 is 21.6 Å². The average Bonchev–Trinajstić information content (AvgIpc) is 2.36. The molecular formula is C15H25N3O3S. The predicted octanol–water partition coefficient (Wildman–Crippen LogP) is 1.37. The fraction of sp³-hybridized carbons (Fsp3) is 0.533. The lowest BCUT2D eigenvalue weighted by molar-refractivity contribution is 0.0934. The standard InChI is InChI=1S/C15H25N3O3S/c1-11(2)14(18(3)4)10-16-15(19)12-6-8-13(9-7-12)17-22(5,20)21/h6-9,11,14,17H,10H2,1-5H3,(H,16,19). The van der Waals surface area contributed by atoms with Gasteiger partial charge in [-0.2, -0.15) is 0 Å². The number of nitrogens with one attached hydrogen (secondary N) is 2. The van der Waals surface area contributed by atoms with Crippen molar-refractivity contribution in [2.24, 2.45) is 5.92 Å². The molecule has 0 spiro atoms. The van der Waals surface area contributed by atoms with E-state index in [1.54, 1.807) is 24.3 Å². The summed E-state index contributed by atoms with van der Waals surface area (Å²) >= 11 is 0. The molecule has 1 unspecified atom stereocenters. The molecule has 22 heavy (non-hydrogen) atoms. The zero-order chi connectivity index (χ0) is 16.9. The SMILES string of the molecule is CC(C)C(CNC(=O)c1ccc(NS(C)(=O)=O)cc1)N(C)C. The summed E-state index contributed by atoms with van der Waals surface area (Å²) in [6.45, 7) is 4.79. The minimum absolute atomic E-state index is 0.168. The summed E-state index contributed by atoms with van der Waals surface area (Å²) in [5, 5.41) is 2.91. The van der Waals surface area contributed by atoms with Crippen LogP contribution >= 0.6 is 0 Å². The molecule has 0 saturated heterocycles. The van der Waals surface area contributed by atoms with Crippen LogP contribution in [0, 0.1) is 5.92 Å². The van der Waals surface area contributed by atoms with Crippen molar-refractivity contribution in [3.8, 4) is 0 Å². The van der Waals surface area contributed by atoms with Crippen LogP contribution in [0.25, 0.3) is 0 Å². The number of nitrogens with zero attached hydrogens (tertiary/aromatic N) is 1. The van der Waals surface area contributed by atoms with Gasteiger partial charge < -0.3 is 10.2 Å². The molecule has 0 aliphatic rings. The minimum Gasteiger partial charge on any atom is -0.350 e. The summed E-state index contributed by atoms with van der Waals surface area (Å²) in [5.74, 6) is 0.259. The molecule has 6 nitrogen and oxygen atoms in total. The number of carbonyl (C=O) groups is 1. The Bertz CT molecular complexity index is 587. The molecule has 124 valence electrons. The molecule has 0 aliphatic carbocycles. The van der Waals surface area contributed by atoms with Crippen LogP contribution in [0.1, 0.15) is 24.2 Å². The number of rotatable bonds is 7. The van der Waals surface area contributed by atoms with Crippen LogP contribution in [0.2, 0.25) is 0 Å². The van der Waals surface area contributed by atoms with E-state index in [4.69, 9.17) is 0 Å². The molecule has 0 aromatic heterocycles. The van der Waals surface area contributed by atoms with Crippen LogP contribution in [-0.2, 0) is 10.0 Å². The lowest BCUT2D eigenvalue weighted by Gasteiger charge is -2.28. The fourth-order valence-corrected chi connectivity index (χ4v) is 2.78. The summed E-state index contributed by atoms with van der Waals surface area (Å²) in [5.41, 5.74) is 0.938. The molecule has 1 aromatic carbocycles. The smallest absolute Gasteiger partial charge is 0.251 e. The van der Waals surface area contributed by atoms with Gasteiger partial charge >= 0.3 is 0 Å². The molecule has 0 fully saturated rings. The van der Waals surface area contributed by atoms with Crippen LogP contribution < -0.4 is 10.0 Å². The van der Waals surface area contributed by atoms with Crippen LogP contribution in [-0.4, -0.2) is 52.2 Å². The summed E-state index contributed by atoms with van der Waals surface area (Å²) in [6, 6.07) is 6.60. The van der Waals surface area contributed by atoms with Crippen LogP contribution in [0.3, 0.4) is 0 Å². The van der Waals surface area contributed by atoms with Gasteiger partial charge in [-0.05, 0) is 44.3 Å². The zero-order valence-corrected chi connectivity index (χ0v) is 14.6. The highest BCUT2D eigenvalue weighted by Crippen LogP contribution is 2.11. The Kier molecular flexibility index (Phi) is 6.37. The Balaban J connectivity index is 2.66. The lowest BCUT2D eigenvalue weighted by Crippen LogP contribution is -2.43. The molecule has 0 bridgehead atoms. The van der Waals surface area contributed by atoms with Gasteiger partial charge in [0.25, 0.3) is 5.91 Å². The van der Waals surface area contributed by atoms with Crippen molar-refractivity contribution in [1.29, 1.82) is 0 Å². The van der Waals surface area contributed by atoms with E-state index in [2.05, 4.69) is 28.8 Å². The van der Waals surface area contributed by atoms with E-state index in [-0.39, 0.29) is 11.9 Å². The Morgan fingerprint density at radius 2 is 1.73 bits per heavy atom. The molecule has 1 amide bonds. The summed E-state index contributed by atoms with van der Waals surface area (Å²) in [7, 11) is 0.670. The molecule has 0 radical (unpaired) electrons. The molecule has 1 rings (SSSR count). The second-order valence-electron chi connectivity index (χ2n) is 5.94. The molecule has 1 aromatic rings. The molecule has 7 heteroatoms. The average molecular weight is 327 g/mol. The van der Waals surface area contributed by atoms with Crippen molar-refractivity contribution in [1.82, 2.24) is 10.2 Å². The quantitative estimate of drug-likeness (QED) is 0.793. The molecule has 2 N–H and O–H groups in total. The normalized spacial score (nSPS) is 13.2. The Morgan fingerprint density at radius 3 is 2.14 bits per heavy atom. The topological polar surface area (TPSA) is 78.5 Å². The number of carbonyl (C=O) groups excluding carboxylic acids is 1. The third kappa shape index (κ3) is 6.03. The predicted molar refractivity (Wildman–Crippen MR) is 89.6 cm³/mol. The fourth-order valence-electron chi connectivity index (χ4n) is 2.22. The number of sulfonamides is 1. The van der Waals surface area contributed by atoms with Gasteiger partial charge in [-0.25, -0.2) is 8.42 Å². The van der Waals surface area contributed by atoms with Crippen molar-refractivity contribution in [3.63, 3.8) is 0 Å². The van der Waals surface area contributed by atoms with Gasteiger partial charge in [0, 0.05) is 23.8 Å². The third-order valence-electron chi connectivity index (χ3n) is 3.35. The number of anilines is 1. The first-order chi connectivity index (χ1) is 10.1. The summed E-state index contributed by atoms with van der Waals surface area (Å²) in [4.78, 5) is 14.2. The monoisotopic (exact) mass is 327 g/mol. The summed E-state index contributed by atoms with van der Waals surface area (Å²) < 4.78 is 24.6. The largest absolute Gasteiger partial charge is 0.350 e. The zero-order valence-electron chi connectivity index (χ0n) is 13.8. The van der Waals surface area contributed by atoms with Crippen LogP contribution in [0.4, 0.5) is 5.69 Å². The van der Waals surface area contributed by atoms with Crippen LogP contribution in [0.5, 0.6) is 0 Å². The van der Waals surface area contributed by atoms with E-state index in [1.807, 2.05) is 14.1 Å². The van der Waals surface area contributed by atoms with Gasteiger partial charge in [0.05, 0.1) is 6.26 Å². The maximum Gasteiger partial charge on any atom is 0.251 e. The second-order valence-corrected chi connectivity index (χ2v) is 7.69. The summed E-state index contributed by atoms with van der Waals surface area (Å²) in [6.07, 6.45) is 1.08. The van der Waals surface area contributed by atoms with Gasteiger partial charge in [-0.3, -0.25) is 9.52 Å². The first-order valence-electron chi connectivity index (χ1n) is 7.12. The van der Waals surface area contributed by atoms with Gasteiger partial charge in [0.1, 0.15) is 0 Å². The molecule has 1 atom stereocenters. The van der Waals surface area contributed by atoms with E-state index >= 15 is 0 Å². The molecule has 0 saturated carbocycles. The van der Waals surface area contributed by atoms with E-state index in [1.165, 1.54) is 0 Å². The first kappa shape index (κ1) is 18.4. The van der Waals surface area contributed by atoms with Gasteiger partial charge in [0.2, 0.25) is 10.0 Å². The van der Waals surface area contributed by atoms with E-state index in [0.717, 1.165) is 6.26 Å². The van der Waals surface area contributed by atoms with E-state index in [0.29, 0.717) is 23.7 Å². The van der Waals surface area contributed by atoms with Crippen molar-refractivity contribution in [3.05, 3.63) is 29.8 Å².